The Bertz CT molecular complexity index is 654. The Morgan fingerprint density at radius 3 is 2.95 bits per heavy atom. The van der Waals surface area contributed by atoms with E-state index in [1.807, 2.05) is 12.1 Å². The van der Waals surface area contributed by atoms with E-state index in [9.17, 15) is 9.59 Å². The molecule has 1 unspecified atom stereocenters. The maximum Gasteiger partial charge on any atom is 0.419 e. The van der Waals surface area contributed by atoms with Gasteiger partial charge in [-0.25, -0.2) is 4.79 Å². The van der Waals surface area contributed by atoms with Crippen molar-refractivity contribution < 1.29 is 14.3 Å². The van der Waals surface area contributed by atoms with Crippen LogP contribution in [0.1, 0.15) is 12.5 Å². The summed E-state index contributed by atoms with van der Waals surface area (Å²) >= 11 is 0. The molecule has 0 aliphatic rings. The number of benzene rings is 1. The molecule has 6 nitrogen and oxygen atoms in total. The number of nitrogens with zero attached hydrogens (tertiary/aromatic N) is 1. The van der Waals surface area contributed by atoms with Crippen molar-refractivity contribution in [3.8, 4) is 0 Å². The van der Waals surface area contributed by atoms with Gasteiger partial charge in [-0.3, -0.25) is 9.36 Å². The van der Waals surface area contributed by atoms with E-state index < -0.39 is 17.8 Å². The Balaban J connectivity index is 2.06. The highest BCUT2D eigenvalue weighted by Gasteiger charge is 2.08. The Morgan fingerprint density at radius 2 is 2.26 bits per heavy atom. The molecule has 6 heteroatoms. The van der Waals surface area contributed by atoms with Gasteiger partial charge in [-0.1, -0.05) is 6.07 Å². The van der Waals surface area contributed by atoms with E-state index in [4.69, 9.17) is 9.52 Å². The lowest BCUT2D eigenvalue weighted by molar-refractivity contribution is -0.128. The molecule has 102 valence electrons. The highest BCUT2D eigenvalue weighted by Crippen LogP contribution is 2.14. The highest BCUT2D eigenvalue weighted by atomic mass is 16.4. The second kappa shape index (κ2) is 5.27. The monoisotopic (exact) mass is 264 g/mol. The summed E-state index contributed by atoms with van der Waals surface area (Å²) in [6, 6.07) is 5.48. The third kappa shape index (κ3) is 2.85. The summed E-state index contributed by atoms with van der Waals surface area (Å²) in [6.45, 7) is 1.84. The van der Waals surface area contributed by atoms with Crippen LogP contribution in [0.3, 0.4) is 0 Å². The molecule has 0 spiro atoms. The first-order chi connectivity index (χ1) is 8.99. The molecule has 0 aliphatic heterocycles. The lowest BCUT2D eigenvalue weighted by Crippen LogP contribution is -2.33. The summed E-state index contributed by atoms with van der Waals surface area (Å²) in [5.74, 6) is -0.790. The number of rotatable bonds is 4. The first kappa shape index (κ1) is 13.4. The number of hydrogen-bond donors (Lipinski definition) is 2. The van der Waals surface area contributed by atoms with Crippen LogP contribution < -0.4 is 11.1 Å². The van der Waals surface area contributed by atoms with Crippen molar-refractivity contribution in [3.05, 3.63) is 34.3 Å². The number of aryl methyl sites for hydroxylation is 1. The molecule has 0 radical (unpaired) electrons. The number of aliphatic hydroxyl groups excluding tert-OH is 1. The summed E-state index contributed by atoms with van der Waals surface area (Å²) in [6.07, 6.45) is -0.401. The van der Waals surface area contributed by atoms with Gasteiger partial charge in [0, 0.05) is 13.6 Å². The van der Waals surface area contributed by atoms with E-state index in [0.717, 1.165) is 11.1 Å². The Morgan fingerprint density at radius 1 is 1.53 bits per heavy atom. The summed E-state index contributed by atoms with van der Waals surface area (Å²) in [4.78, 5) is 22.5. The van der Waals surface area contributed by atoms with E-state index in [2.05, 4.69) is 5.32 Å². The fourth-order valence-corrected chi connectivity index (χ4v) is 1.81. The molecular formula is C13H16N2O4. The van der Waals surface area contributed by atoms with Gasteiger partial charge >= 0.3 is 5.76 Å². The van der Waals surface area contributed by atoms with Crippen molar-refractivity contribution in [1.29, 1.82) is 0 Å². The van der Waals surface area contributed by atoms with Gasteiger partial charge in [0.25, 0.3) is 0 Å². The molecule has 2 N–H and O–H groups in total. The van der Waals surface area contributed by atoms with Crippen LogP contribution in [-0.2, 0) is 18.3 Å². The first-order valence-corrected chi connectivity index (χ1v) is 6.03. The van der Waals surface area contributed by atoms with Gasteiger partial charge in [-0.05, 0) is 31.0 Å². The minimum atomic E-state index is -1.00. The molecule has 0 saturated carbocycles. The fourth-order valence-electron chi connectivity index (χ4n) is 1.81. The maximum absolute atomic E-state index is 11.3. The van der Waals surface area contributed by atoms with Crippen molar-refractivity contribution in [1.82, 2.24) is 9.88 Å². The zero-order valence-corrected chi connectivity index (χ0v) is 10.8. The summed E-state index contributed by atoms with van der Waals surface area (Å²) < 4.78 is 6.52. The van der Waals surface area contributed by atoms with Crippen molar-refractivity contribution in [2.75, 3.05) is 6.54 Å². The van der Waals surface area contributed by atoms with Crippen molar-refractivity contribution in [3.63, 3.8) is 0 Å². The Hall–Kier alpha value is -2.08. The predicted molar refractivity (Wildman–Crippen MR) is 69.8 cm³/mol. The number of nitrogens with one attached hydrogen (secondary N) is 1. The largest absolute Gasteiger partial charge is 0.419 e. The van der Waals surface area contributed by atoms with Crippen LogP contribution in [0.5, 0.6) is 0 Å². The van der Waals surface area contributed by atoms with Gasteiger partial charge in [-0.15, -0.1) is 0 Å². The number of carbonyl (C=O) groups excluding carboxylic acids is 1. The van der Waals surface area contributed by atoms with Crippen LogP contribution in [0.25, 0.3) is 11.1 Å². The van der Waals surface area contributed by atoms with Crippen molar-refractivity contribution in [2.24, 2.45) is 7.05 Å². The summed E-state index contributed by atoms with van der Waals surface area (Å²) in [5.41, 5.74) is 2.22. The third-order valence-electron chi connectivity index (χ3n) is 2.95. The van der Waals surface area contributed by atoms with Gasteiger partial charge in [0.05, 0.1) is 5.52 Å². The van der Waals surface area contributed by atoms with Crippen LogP contribution in [0.2, 0.25) is 0 Å². The van der Waals surface area contributed by atoms with Crippen LogP contribution in [0.15, 0.2) is 27.4 Å². The highest BCUT2D eigenvalue weighted by molar-refractivity contribution is 5.80. The number of hydrogen-bond acceptors (Lipinski definition) is 4. The Kier molecular flexibility index (Phi) is 3.71. The van der Waals surface area contributed by atoms with E-state index in [1.54, 1.807) is 13.1 Å². The number of oxazole rings is 1. The van der Waals surface area contributed by atoms with E-state index in [-0.39, 0.29) is 0 Å². The van der Waals surface area contributed by atoms with Crippen LogP contribution in [0.4, 0.5) is 0 Å². The molecule has 0 bridgehead atoms. The predicted octanol–water partition coefficient (Wildman–Crippen LogP) is 0.171. The molecule has 19 heavy (non-hydrogen) atoms. The normalized spacial score (nSPS) is 12.6. The third-order valence-corrected chi connectivity index (χ3v) is 2.95. The summed E-state index contributed by atoms with van der Waals surface area (Å²) in [5, 5.41) is 11.6. The topological polar surface area (TPSA) is 84.5 Å². The lowest BCUT2D eigenvalue weighted by Gasteiger charge is -2.06. The number of aliphatic hydroxyl groups is 1. The number of carbonyl (C=O) groups is 1. The average Bonchev–Trinajstić information content (AvgIpc) is 2.64. The van der Waals surface area contributed by atoms with Crippen LogP contribution in [-0.4, -0.2) is 28.2 Å². The van der Waals surface area contributed by atoms with E-state index in [0.29, 0.717) is 18.5 Å². The van der Waals surface area contributed by atoms with Crippen molar-refractivity contribution in [2.45, 2.75) is 19.4 Å². The molecule has 1 aromatic heterocycles. The molecule has 1 aromatic carbocycles. The molecule has 0 aliphatic carbocycles. The van der Waals surface area contributed by atoms with Gasteiger partial charge in [0.1, 0.15) is 6.10 Å². The second-order valence-electron chi connectivity index (χ2n) is 4.45. The molecule has 1 atom stereocenters. The quantitative estimate of drug-likeness (QED) is 0.824. The fraction of sp³-hybridized carbons (Fsp3) is 0.385. The van der Waals surface area contributed by atoms with Gasteiger partial charge in [0.15, 0.2) is 5.58 Å². The minimum absolute atomic E-state index is 0.394. The van der Waals surface area contributed by atoms with Gasteiger partial charge in [0.2, 0.25) is 5.91 Å². The van der Waals surface area contributed by atoms with Gasteiger partial charge in [-0.2, -0.15) is 0 Å². The first-order valence-electron chi connectivity index (χ1n) is 6.03. The standard InChI is InChI=1S/C13H16N2O4/c1-8(16)12(17)14-6-5-9-3-4-10-11(7-9)19-13(18)15(10)2/h3-4,7-8,16H,5-6H2,1-2H3,(H,14,17). The molecular weight excluding hydrogens is 248 g/mol. The molecule has 1 amide bonds. The van der Waals surface area contributed by atoms with E-state index in [1.165, 1.54) is 11.5 Å². The maximum atomic E-state index is 11.3. The number of fused-ring (bicyclic) bond motifs is 1. The molecule has 2 aromatic rings. The Labute approximate surface area is 109 Å². The minimum Gasteiger partial charge on any atom is -0.408 e. The smallest absolute Gasteiger partial charge is 0.408 e. The van der Waals surface area contributed by atoms with Gasteiger partial charge < -0.3 is 14.8 Å². The van der Waals surface area contributed by atoms with Crippen LogP contribution >= 0.6 is 0 Å². The molecule has 0 fully saturated rings. The van der Waals surface area contributed by atoms with Crippen molar-refractivity contribution >= 4 is 17.0 Å². The van der Waals surface area contributed by atoms with Crippen LogP contribution in [0, 0.1) is 0 Å². The zero-order valence-electron chi connectivity index (χ0n) is 10.8. The SMILES string of the molecule is CC(O)C(=O)NCCc1ccc2c(c1)oc(=O)n2C. The van der Waals surface area contributed by atoms with E-state index >= 15 is 0 Å². The molecule has 1 heterocycles. The summed E-state index contributed by atoms with van der Waals surface area (Å²) in [7, 11) is 1.65. The average molecular weight is 264 g/mol. The molecule has 2 rings (SSSR count). The zero-order chi connectivity index (χ0) is 14.0. The molecule has 0 saturated heterocycles. The second-order valence-corrected chi connectivity index (χ2v) is 4.45. The lowest BCUT2D eigenvalue weighted by atomic mass is 10.1. The number of amides is 1. The number of aromatic nitrogens is 1.